The van der Waals surface area contributed by atoms with Gasteiger partial charge in [-0.2, -0.15) is 0 Å². The molecular formula is C40H58O3. The van der Waals surface area contributed by atoms with Gasteiger partial charge in [-0.3, -0.25) is 0 Å². The van der Waals surface area contributed by atoms with E-state index in [9.17, 15) is 15.3 Å². The minimum absolute atomic E-state index is 0.0347. The average Bonchev–Trinajstić information content (AvgIpc) is 2.89. The van der Waals surface area contributed by atoms with Gasteiger partial charge in [0.25, 0.3) is 0 Å². The molecule has 3 rings (SSSR count). The van der Waals surface area contributed by atoms with Crippen molar-refractivity contribution in [3.8, 4) is 17.2 Å². The summed E-state index contributed by atoms with van der Waals surface area (Å²) in [6.45, 7) is 28.5. The van der Waals surface area contributed by atoms with Crippen LogP contribution in [0.4, 0.5) is 0 Å². The number of benzene rings is 3. The molecule has 0 aliphatic rings. The Morgan fingerprint density at radius 3 is 1.35 bits per heavy atom. The van der Waals surface area contributed by atoms with Gasteiger partial charge in [0.2, 0.25) is 0 Å². The topological polar surface area (TPSA) is 60.7 Å². The van der Waals surface area contributed by atoms with Gasteiger partial charge in [0.15, 0.2) is 0 Å². The van der Waals surface area contributed by atoms with Gasteiger partial charge in [0.1, 0.15) is 17.2 Å². The number of rotatable bonds is 8. The molecule has 3 heteroatoms. The predicted molar refractivity (Wildman–Crippen MR) is 183 cm³/mol. The third-order valence-electron chi connectivity index (χ3n) is 9.89. The van der Waals surface area contributed by atoms with Gasteiger partial charge < -0.3 is 15.3 Å². The van der Waals surface area contributed by atoms with Crippen LogP contribution in [0.25, 0.3) is 0 Å². The molecule has 0 heterocycles. The molecule has 43 heavy (non-hydrogen) atoms. The predicted octanol–water partition coefficient (Wildman–Crippen LogP) is 10.5. The summed E-state index contributed by atoms with van der Waals surface area (Å²) in [4.78, 5) is 0. The van der Waals surface area contributed by atoms with E-state index < -0.39 is 10.8 Å². The van der Waals surface area contributed by atoms with Gasteiger partial charge in [0.05, 0.1) is 0 Å². The van der Waals surface area contributed by atoms with Crippen LogP contribution >= 0.6 is 0 Å². The normalized spacial score (nSPS) is 15.7. The largest absolute Gasteiger partial charge is 0.508 e. The lowest BCUT2D eigenvalue weighted by Gasteiger charge is -2.36. The fraction of sp³-hybridized carbons (Fsp3) is 0.550. The zero-order valence-corrected chi connectivity index (χ0v) is 29.3. The van der Waals surface area contributed by atoms with Crippen LogP contribution in [0.2, 0.25) is 0 Å². The zero-order valence-electron chi connectivity index (χ0n) is 29.3. The molecule has 2 unspecified atom stereocenters. The second-order valence-electron chi connectivity index (χ2n) is 16.5. The van der Waals surface area contributed by atoms with E-state index in [1.807, 2.05) is 24.3 Å². The Morgan fingerprint density at radius 1 is 0.465 bits per heavy atom. The summed E-state index contributed by atoms with van der Waals surface area (Å²) < 4.78 is 0. The highest BCUT2D eigenvalue weighted by atomic mass is 16.3. The van der Waals surface area contributed by atoms with E-state index in [2.05, 4.69) is 114 Å². The Labute approximate surface area is 262 Å². The molecule has 0 saturated heterocycles. The molecule has 236 valence electrons. The second kappa shape index (κ2) is 11.9. The number of phenols is 3. The molecule has 0 amide bonds. The van der Waals surface area contributed by atoms with Crippen molar-refractivity contribution in [3.05, 3.63) is 87.5 Å². The van der Waals surface area contributed by atoms with Crippen molar-refractivity contribution in [1.82, 2.24) is 0 Å². The summed E-state index contributed by atoms with van der Waals surface area (Å²) in [5, 5.41) is 34.2. The van der Waals surface area contributed by atoms with Crippen LogP contribution in [0, 0.1) is 0 Å². The Morgan fingerprint density at radius 2 is 0.860 bits per heavy atom. The fourth-order valence-electron chi connectivity index (χ4n) is 6.06. The lowest BCUT2D eigenvalue weighted by Crippen LogP contribution is -2.28. The van der Waals surface area contributed by atoms with Crippen LogP contribution in [-0.2, 0) is 39.9 Å². The lowest BCUT2D eigenvalue weighted by atomic mass is 9.69. The number of aromatic hydroxyl groups is 3. The highest BCUT2D eigenvalue weighted by Crippen LogP contribution is 2.46. The lowest BCUT2D eigenvalue weighted by molar-refractivity contribution is 0.376. The van der Waals surface area contributed by atoms with Crippen molar-refractivity contribution in [2.75, 3.05) is 0 Å². The van der Waals surface area contributed by atoms with Crippen LogP contribution in [0.5, 0.6) is 17.2 Å². The first-order valence-corrected chi connectivity index (χ1v) is 16.1. The van der Waals surface area contributed by atoms with Gasteiger partial charge >= 0.3 is 0 Å². The minimum atomic E-state index is -0.412. The van der Waals surface area contributed by atoms with Crippen molar-refractivity contribution < 1.29 is 15.3 Å². The van der Waals surface area contributed by atoms with E-state index in [1.165, 1.54) is 16.7 Å². The second-order valence-corrected chi connectivity index (χ2v) is 16.5. The summed E-state index contributed by atoms with van der Waals surface area (Å²) >= 11 is 0. The molecule has 3 aromatic carbocycles. The molecule has 0 spiro atoms. The molecule has 3 nitrogen and oxygen atoms in total. The van der Waals surface area contributed by atoms with E-state index in [1.54, 1.807) is 0 Å². The van der Waals surface area contributed by atoms with Crippen LogP contribution in [0.1, 0.15) is 142 Å². The first-order chi connectivity index (χ1) is 19.6. The fourth-order valence-corrected chi connectivity index (χ4v) is 6.06. The Balaban J connectivity index is 2.22. The Kier molecular flexibility index (Phi) is 9.53. The molecule has 0 radical (unpaired) electrons. The van der Waals surface area contributed by atoms with E-state index in [0.29, 0.717) is 30.1 Å². The maximum Gasteiger partial charge on any atom is 0.122 e. The maximum atomic E-state index is 12.1. The summed E-state index contributed by atoms with van der Waals surface area (Å²) in [6.07, 6.45) is 2.81. The highest BCUT2D eigenvalue weighted by Gasteiger charge is 2.36. The number of hydrogen-bond acceptors (Lipinski definition) is 3. The Bertz CT molecular complexity index is 1440. The molecule has 0 aliphatic heterocycles. The van der Waals surface area contributed by atoms with E-state index in [0.717, 1.165) is 35.1 Å². The number of phenolic OH excluding ortho intramolecular Hbond substituents is 3. The van der Waals surface area contributed by atoms with Crippen molar-refractivity contribution in [2.45, 2.75) is 143 Å². The first kappa shape index (κ1) is 34.5. The highest BCUT2D eigenvalue weighted by molar-refractivity contribution is 5.53. The first-order valence-electron chi connectivity index (χ1n) is 16.1. The van der Waals surface area contributed by atoms with Crippen LogP contribution in [0.15, 0.2) is 48.5 Å². The molecular weight excluding hydrogens is 528 g/mol. The monoisotopic (exact) mass is 586 g/mol. The third-order valence-corrected chi connectivity index (χ3v) is 9.89. The van der Waals surface area contributed by atoms with Crippen LogP contribution in [0.3, 0.4) is 0 Å². The molecule has 0 aromatic heterocycles. The Hall–Kier alpha value is -2.94. The molecule has 3 aromatic rings. The standard InChI is InChI=1S/C40H58O3/c1-14-39(12,31-22-29(37(6,7)8)17-19-34(31)42)25-27-21-30(38(9,10)11)23-32(35(27)43)40(13,15-2)24-26-20-28(36(3,4)5)16-18-33(26)41/h16-23,41-43H,14-15,24-25H2,1-13H3. The molecule has 0 aliphatic carbocycles. The summed E-state index contributed by atoms with van der Waals surface area (Å²) in [5.74, 6) is 0.929. The van der Waals surface area contributed by atoms with E-state index >= 15 is 0 Å². The van der Waals surface area contributed by atoms with Gasteiger partial charge in [-0.25, -0.2) is 0 Å². The van der Waals surface area contributed by atoms with Crippen molar-refractivity contribution in [1.29, 1.82) is 0 Å². The quantitative estimate of drug-likeness (QED) is 0.246. The van der Waals surface area contributed by atoms with Gasteiger partial charge in [0, 0.05) is 22.0 Å². The molecule has 3 N–H and O–H groups in total. The van der Waals surface area contributed by atoms with Gasteiger partial charge in [-0.05, 0) is 81.9 Å². The SMILES string of the molecule is CCC(C)(Cc1cc(C(C)(C)C)cc(C(C)(CC)Cc2cc(C(C)(C)C)ccc2O)c1O)c1cc(C(C)(C)C)ccc1O. The molecule has 0 fully saturated rings. The summed E-state index contributed by atoms with van der Waals surface area (Å²) in [7, 11) is 0. The van der Waals surface area contributed by atoms with Crippen molar-refractivity contribution >= 4 is 0 Å². The third kappa shape index (κ3) is 7.41. The van der Waals surface area contributed by atoms with E-state index in [4.69, 9.17) is 0 Å². The van der Waals surface area contributed by atoms with Crippen LogP contribution in [-0.4, -0.2) is 15.3 Å². The maximum absolute atomic E-state index is 12.1. The average molecular weight is 587 g/mol. The zero-order chi connectivity index (χ0) is 32.8. The van der Waals surface area contributed by atoms with Gasteiger partial charge in [-0.15, -0.1) is 0 Å². The van der Waals surface area contributed by atoms with Crippen LogP contribution < -0.4 is 0 Å². The van der Waals surface area contributed by atoms with E-state index in [-0.39, 0.29) is 16.2 Å². The number of hydrogen-bond donors (Lipinski definition) is 3. The summed E-state index contributed by atoms with van der Waals surface area (Å²) in [5.41, 5.74) is 6.18. The smallest absolute Gasteiger partial charge is 0.122 e. The minimum Gasteiger partial charge on any atom is -0.508 e. The van der Waals surface area contributed by atoms with Gasteiger partial charge in [-0.1, -0.05) is 126 Å². The molecule has 0 bridgehead atoms. The van der Waals surface area contributed by atoms with Crippen molar-refractivity contribution in [2.24, 2.45) is 0 Å². The molecule has 2 atom stereocenters. The van der Waals surface area contributed by atoms with Crippen molar-refractivity contribution in [3.63, 3.8) is 0 Å². The summed E-state index contributed by atoms with van der Waals surface area (Å²) in [6, 6.07) is 16.3. The molecule has 0 saturated carbocycles.